The maximum absolute atomic E-state index is 9.89. The number of ketones is 3. The van der Waals surface area contributed by atoms with E-state index in [9.17, 15) is 14.4 Å². The zero-order chi connectivity index (χ0) is 15.5. The van der Waals surface area contributed by atoms with Gasteiger partial charge >= 0.3 is 0 Å². The van der Waals surface area contributed by atoms with Crippen molar-refractivity contribution in [2.75, 3.05) is 0 Å². The van der Waals surface area contributed by atoms with Crippen molar-refractivity contribution in [1.29, 1.82) is 0 Å². The van der Waals surface area contributed by atoms with Gasteiger partial charge in [0.2, 0.25) is 0 Å². The van der Waals surface area contributed by atoms with Gasteiger partial charge in [-0.3, -0.25) is 14.4 Å². The van der Waals surface area contributed by atoms with E-state index in [0.717, 1.165) is 0 Å². The van der Waals surface area contributed by atoms with Gasteiger partial charge in [-0.25, -0.2) is 0 Å². The van der Waals surface area contributed by atoms with E-state index in [1.807, 2.05) is 0 Å². The van der Waals surface area contributed by atoms with E-state index in [1.54, 1.807) is 0 Å². The van der Waals surface area contributed by atoms with Crippen LogP contribution in [0, 0.1) is 0 Å². The van der Waals surface area contributed by atoms with Gasteiger partial charge in [-0.05, 0) is 41.5 Å². The molecule has 0 aliphatic heterocycles. The second-order valence-electron chi connectivity index (χ2n) is 3.86. The second kappa shape index (κ2) is 18.7. The van der Waals surface area contributed by atoms with Gasteiger partial charge in [0.05, 0.1) is 0 Å². The Morgan fingerprint density at radius 2 is 0.700 bits per heavy atom. The summed E-state index contributed by atoms with van der Waals surface area (Å²) in [6.45, 7) is 8.40. The molecule has 0 spiro atoms. The van der Waals surface area contributed by atoms with Gasteiger partial charge < -0.3 is 20.8 Å². The second-order valence-corrected chi connectivity index (χ2v) is 3.86. The molecule has 120 valence electrons. The molecule has 3 unspecified atom stereocenters. The van der Waals surface area contributed by atoms with Crippen molar-refractivity contribution < 1.29 is 61.4 Å². The molecule has 0 saturated carbocycles. The van der Waals surface area contributed by atoms with E-state index in [4.69, 9.17) is 15.3 Å². The van der Waals surface area contributed by atoms with E-state index in [-0.39, 0.29) is 49.0 Å². The van der Waals surface area contributed by atoms with Crippen molar-refractivity contribution in [1.82, 2.24) is 0 Å². The third-order valence-electron chi connectivity index (χ3n) is 1.76. The van der Waals surface area contributed by atoms with Crippen LogP contribution in [0.3, 0.4) is 0 Å². The Morgan fingerprint density at radius 1 is 0.650 bits per heavy atom. The molecule has 0 aromatic heterocycles. The fourth-order valence-electron chi connectivity index (χ4n) is 0. The number of rotatable bonds is 3. The SMILES string of the molecule is CC(=O)C(C)O.CC(=O)C(C)O.CC(=O)C(C)O.O.[Zr]. The smallest absolute Gasteiger partial charge is 0.157 e. The summed E-state index contributed by atoms with van der Waals surface area (Å²) in [4.78, 5) is 29.7. The van der Waals surface area contributed by atoms with Gasteiger partial charge in [0.15, 0.2) is 17.3 Å². The summed E-state index contributed by atoms with van der Waals surface area (Å²) < 4.78 is 0. The molecule has 0 heterocycles. The Bertz CT molecular complexity index is 220. The molecule has 0 aromatic rings. The van der Waals surface area contributed by atoms with Crippen molar-refractivity contribution in [3.8, 4) is 0 Å². The first kappa shape index (κ1) is 31.9. The van der Waals surface area contributed by atoms with Crippen LogP contribution in [-0.2, 0) is 40.6 Å². The van der Waals surface area contributed by atoms with Crippen LogP contribution in [0.2, 0.25) is 0 Å². The van der Waals surface area contributed by atoms with E-state index in [1.165, 1.54) is 41.5 Å². The molecule has 0 fully saturated rings. The fourth-order valence-corrected chi connectivity index (χ4v) is 0. The molecule has 0 amide bonds. The first-order valence-electron chi connectivity index (χ1n) is 5.49. The van der Waals surface area contributed by atoms with Crippen LogP contribution in [0.15, 0.2) is 0 Å². The van der Waals surface area contributed by atoms with Crippen LogP contribution in [0.25, 0.3) is 0 Å². The Balaban J connectivity index is -0.0000000536. The van der Waals surface area contributed by atoms with Crippen molar-refractivity contribution >= 4 is 17.3 Å². The number of carbonyl (C=O) groups is 3. The first-order chi connectivity index (χ1) is 7.93. The molecular formula is C12H26O7Zr. The Kier molecular flexibility index (Phi) is 29.9. The molecule has 8 heteroatoms. The van der Waals surface area contributed by atoms with Crippen LogP contribution in [0.5, 0.6) is 0 Å². The van der Waals surface area contributed by atoms with Gasteiger partial charge in [-0.1, -0.05) is 0 Å². The normalized spacial score (nSPS) is 12.4. The number of hydrogen-bond acceptors (Lipinski definition) is 6. The van der Waals surface area contributed by atoms with Crippen molar-refractivity contribution in [2.45, 2.75) is 59.9 Å². The standard InChI is InChI=1S/3C4H8O2.H2O.Zr/c3*1-3(5)4(2)6;;/h3*3,5H,1-2H3;1H2;. The minimum Gasteiger partial charge on any atom is -0.412 e. The maximum Gasteiger partial charge on any atom is 0.157 e. The summed E-state index contributed by atoms with van der Waals surface area (Å²) in [5, 5.41) is 24.8. The molecule has 20 heavy (non-hydrogen) atoms. The number of carbonyl (C=O) groups excluding carboxylic acids is 3. The molecule has 5 N–H and O–H groups in total. The van der Waals surface area contributed by atoms with E-state index >= 15 is 0 Å². The van der Waals surface area contributed by atoms with Gasteiger partial charge in [0.1, 0.15) is 18.3 Å². The van der Waals surface area contributed by atoms with E-state index in [2.05, 4.69) is 0 Å². The number of Topliss-reactive ketones (excluding diaryl/α,β-unsaturated/α-hetero) is 3. The molecule has 3 atom stereocenters. The predicted molar refractivity (Wildman–Crippen MR) is 70.7 cm³/mol. The Morgan fingerprint density at radius 3 is 0.700 bits per heavy atom. The Labute approximate surface area is 138 Å². The van der Waals surface area contributed by atoms with Gasteiger partial charge in [0.25, 0.3) is 0 Å². The molecule has 0 aliphatic rings. The molecule has 7 nitrogen and oxygen atoms in total. The zero-order valence-electron chi connectivity index (χ0n) is 12.8. The summed E-state index contributed by atoms with van der Waals surface area (Å²) in [5.41, 5.74) is 0. The zero-order valence-corrected chi connectivity index (χ0v) is 15.3. The van der Waals surface area contributed by atoms with Gasteiger partial charge in [0, 0.05) is 26.2 Å². The monoisotopic (exact) mass is 372 g/mol. The summed E-state index contributed by atoms with van der Waals surface area (Å²) in [6.07, 6.45) is -2.36. The summed E-state index contributed by atoms with van der Waals surface area (Å²) in [7, 11) is 0. The number of hydrogen-bond donors (Lipinski definition) is 3. The minimum absolute atomic E-state index is 0. The first-order valence-corrected chi connectivity index (χ1v) is 5.49. The third kappa shape index (κ3) is 36.1. The summed E-state index contributed by atoms with van der Waals surface area (Å²) in [5.74, 6) is -0.556. The largest absolute Gasteiger partial charge is 0.412 e. The molecule has 0 saturated heterocycles. The van der Waals surface area contributed by atoms with Crippen LogP contribution < -0.4 is 0 Å². The summed E-state index contributed by atoms with van der Waals surface area (Å²) in [6, 6.07) is 0. The molecule has 0 rings (SSSR count). The van der Waals surface area contributed by atoms with Gasteiger partial charge in [-0.2, -0.15) is 0 Å². The minimum atomic E-state index is -0.787. The number of aliphatic hydroxyl groups is 3. The van der Waals surface area contributed by atoms with E-state index < -0.39 is 18.3 Å². The third-order valence-corrected chi connectivity index (χ3v) is 1.76. The van der Waals surface area contributed by atoms with E-state index in [0.29, 0.717) is 0 Å². The fraction of sp³-hybridized carbons (Fsp3) is 0.750. The number of aliphatic hydroxyl groups excluding tert-OH is 3. The van der Waals surface area contributed by atoms with Crippen molar-refractivity contribution in [3.63, 3.8) is 0 Å². The molecule has 0 bridgehead atoms. The maximum atomic E-state index is 9.89. The van der Waals surface area contributed by atoms with Crippen LogP contribution >= 0.6 is 0 Å². The molecule has 0 radical (unpaired) electrons. The topological polar surface area (TPSA) is 143 Å². The molecule has 0 aliphatic carbocycles. The average Bonchev–Trinajstić information content (AvgIpc) is 2.18. The van der Waals surface area contributed by atoms with Gasteiger partial charge in [-0.15, -0.1) is 0 Å². The predicted octanol–water partition coefficient (Wildman–Crippen LogP) is -0.959. The van der Waals surface area contributed by atoms with Crippen LogP contribution in [0.1, 0.15) is 41.5 Å². The molecule has 0 aromatic carbocycles. The van der Waals surface area contributed by atoms with Crippen molar-refractivity contribution in [2.24, 2.45) is 0 Å². The Hall–Kier alpha value is -0.267. The average molecular weight is 374 g/mol. The van der Waals surface area contributed by atoms with Crippen molar-refractivity contribution in [3.05, 3.63) is 0 Å². The quantitative estimate of drug-likeness (QED) is 0.581. The molecular weight excluding hydrogens is 347 g/mol. The van der Waals surface area contributed by atoms with Crippen LogP contribution in [0.4, 0.5) is 0 Å². The van der Waals surface area contributed by atoms with Crippen LogP contribution in [-0.4, -0.2) is 56.5 Å². The summed E-state index contributed by atoms with van der Waals surface area (Å²) >= 11 is 0.